The minimum absolute atomic E-state index is 0.621. The zero-order chi connectivity index (χ0) is 18.5. The Kier molecular flexibility index (Phi) is 5.37. The largest absolute Gasteiger partial charge is 0.259 e. The van der Waals surface area contributed by atoms with E-state index in [1.165, 1.54) is 0 Å². The van der Waals surface area contributed by atoms with Gasteiger partial charge < -0.3 is 0 Å². The molecular formula is C21H15BrN4S. The normalized spacial score (nSPS) is 12.0. The highest BCUT2D eigenvalue weighted by atomic mass is 79.9. The lowest BCUT2D eigenvalue weighted by molar-refractivity contribution is 1.03. The molecule has 1 aromatic heterocycles. The number of aliphatic imine (C=N–C) groups is 1. The van der Waals surface area contributed by atoms with E-state index in [1.54, 1.807) is 17.6 Å². The smallest absolute Gasteiger partial charge is 0.183 e. The molecule has 0 spiro atoms. The van der Waals surface area contributed by atoms with Crippen LogP contribution in [-0.2, 0) is 0 Å². The van der Waals surface area contributed by atoms with Crippen LogP contribution in [0.5, 0.6) is 0 Å². The first-order valence-corrected chi connectivity index (χ1v) is 9.93. The number of para-hydroxylation sites is 2. The van der Waals surface area contributed by atoms with Crippen molar-refractivity contribution in [1.82, 2.24) is 10.4 Å². The average Bonchev–Trinajstić information content (AvgIpc) is 3.14. The second-order valence-corrected chi connectivity index (χ2v) is 7.65. The molecule has 6 heteroatoms. The number of rotatable bonds is 4. The van der Waals surface area contributed by atoms with Crippen molar-refractivity contribution in [2.45, 2.75) is 0 Å². The minimum atomic E-state index is 0.621. The molecule has 0 aliphatic carbocycles. The first-order chi connectivity index (χ1) is 13.3. The van der Waals surface area contributed by atoms with Gasteiger partial charge in [0.05, 0.1) is 22.1 Å². The van der Waals surface area contributed by atoms with Crippen molar-refractivity contribution < 1.29 is 0 Å². The topological polar surface area (TPSA) is 49.6 Å². The number of halogens is 1. The van der Waals surface area contributed by atoms with Crippen molar-refractivity contribution in [3.63, 3.8) is 0 Å². The Morgan fingerprint density at radius 1 is 0.926 bits per heavy atom. The molecule has 0 aliphatic heterocycles. The third-order valence-corrected chi connectivity index (χ3v) is 5.32. The molecule has 0 saturated carbocycles. The Bertz CT molecular complexity index is 1070. The van der Waals surface area contributed by atoms with Gasteiger partial charge in [-0.2, -0.15) is 5.10 Å². The van der Waals surface area contributed by atoms with Crippen molar-refractivity contribution >= 4 is 55.2 Å². The first-order valence-electron chi connectivity index (χ1n) is 8.32. The van der Waals surface area contributed by atoms with E-state index in [0.717, 1.165) is 30.9 Å². The lowest BCUT2D eigenvalue weighted by Gasteiger charge is -2.03. The molecule has 0 radical (unpaired) electrons. The average molecular weight is 435 g/mol. The predicted molar refractivity (Wildman–Crippen MR) is 117 cm³/mol. The summed E-state index contributed by atoms with van der Waals surface area (Å²) in [5, 5.41) is 5.16. The van der Waals surface area contributed by atoms with Gasteiger partial charge in [-0.25, -0.2) is 9.98 Å². The Balaban J connectivity index is 1.65. The molecule has 132 valence electrons. The van der Waals surface area contributed by atoms with Crippen molar-refractivity contribution in [3.8, 4) is 0 Å². The lowest BCUT2D eigenvalue weighted by atomic mass is 10.2. The van der Waals surface area contributed by atoms with Crippen LogP contribution in [0.4, 0.5) is 5.69 Å². The summed E-state index contributed by atoms with van der Waals surface area (Å²) in [6.45, 7) is 0. The van der Waals surface area contributed by atoms with Crippen LogP contribution in [0.1, 0.15) is 10.6 Å². The number of thiazole rings is 1. The number of aromatic nitrogens is 1. The van der Waals surface area contributed by atoms with Gasteiger partial charge in [0.15, 0.2) is 10.8 Å². The Morgan fingerprint density at radius 2 is 1.67 bits per heavy atom. The van der Waals surface area contributed by atoms with E-state index >= 15 is 0 Å². The molecule has 4 rings (SSSR count). The monoisotopic (exact) mass is 434 g/mol. The molecule has 0 aliphatic rings. The maximum absolute atomic E-state index is 4.70. The number of hydrogen-bond acceptors (Lipinski definition) is 4. The standard InChI is InChI=1S/C21H15BrN4S/c22-16-12-10-15(11-13-16)14-23-26-20(24-17-6-2-1-3-7-17)21-25-18-8-4-5-9-19(18)27-21/h1-14H,(H,24,26). The van der Waals surface area contributed by atoms with Gasteiger partial charge in [0.2, 0.25) is 0 Å². The molecule has 0 atom stereocenters. The number of nitrogens with one attached hydrogen (secondary N) is 1. The summed E-state index contributed by atoms with van der Waals surface area (Å²) in [5.74, 6) is 0.621. The fourth-order valence-corrected chi connectivity index (χ4v) is 3.61. The van der Waals surface area contributed by atoms with E-state index < -0.39 is 0 Å². The molecule has 1 N–H and O–H groups in total. The van der Waals surface area contributed by atoms with Crippen molar-refractivity contribution in [3.05, 3.63) is 93.9 Å². The predicted octanol–water partition coefficient (Wildman–Crippen LogP) is 5.76. The second-order valence-electron chi connectivity index (χ2n) is 5.70. The minimum Gasteiger partial charge on any atom is -0.259 e. The summed E-state index contributed by atoms with van der Waals surface area (Å²) < 4.78 is 2.15. The van der Waals surface area contributed by atoms with Gasteiger partial charge in [-0.1, -0.05) is 58.4 Å². The van der Waals surface area contributed by atoms with Crippen molar-refractivity contribution in [1.29, 1.82) is 0 Å². The highest BCUT2D eigenvalue weighted by Crippen LogP contribution is 2.23. The summed E-state index contributed by atoms with van der Waals surface area (Å²) in [5.41, 5.74) is 5.86. The molecule has 0 unspecified atom stereocenters. The van der Waals surface area contributed by atoms with Crippen LogP contribution in [-0.4, -0.2) is 17.0 Å². The van der Waals surface area contributed by atoms with Crippen LogP contribution in [0.3, 0.4) is 0 Å². The summed E-state index contributed by atoms with van der Waals surface area (Å²) >= 11 is 5.02. The van der Waals surface area contributed by atoms with Crippen molar-refractivity contribution in [2.24, 2.45) is 10.1 Å². The first kappa shape index (κ1) is 17.6. The number of fused-ring (bicyclic) bond motifs is 1. The van der Waals surface area contributed by atoms with Crippen molar-refractivity contribution in [2.75, 3.05) is 0 Å². The number of hydrazone groups is 1. The number of nitrogens with zero attached hydrogens (tertiary/aromatic N) is 3. The van der Waals surface area contributed by atoms with E-state index in [0.29, 0.717) is 5.84 Å². The Morgan fingerprint density at radius 3 is 2.44 bits per heavy atom. The SMILES string of the molecule is Brc1ccc(C=NNC(=Nc2ccccc2)c2nc3ccccc3s2)cc1. The van der Waals surface area contributed by atoms with E-state index in [-0.39, 0.29) is 0 Å². The fraction of sp³-hybridized carbons (Fsp3) is 0. The molecular weight excluding hydrogens is 420 g/mol. The van der Waals surface area contributed by atoms with Gasteiger partial charge in [-0.05, 0) is 42.0 Å². The number of benzene rings is 3. The summed E-state index contributed by atoms with van der Waals surface area (Å²) in [6.07, 6.45) is 1.76. The van der Waals surface area contributed by atoms with Crippen LogP contribution < -0.4 is 5.43 Å². The molecule has 4 aromatic rings. The molecule has 1 heterocycles. The van der Waals surface area contributed by atoms with E-state index in [4.69, 9.17) is 9.98 Å². The third kappa shape index (κ3) is 4.48. The van der Waals surface area contributed by atoms with E-state index in [2.05, 4.69) is 32.5 Å². The lowest BCUT2D eigenvalue weighted by Crippen LogP contribution is -2.18. The molecule has 0 bridgehead atoms. The maximum atomic E-state index is 4.70. The van der Waals surface area contributed by atoms with E-state index in [1.807, 2.05) is 72.8 Å². The number of hydrogen-bond donors (Lipinski definition) is 1. The molecule has 0 amide bonds. The second kappa shape index (κ2) is 8.24. The Labute approximate surface area is 169 Å². The summed E-state index contributed by atoms with van der Waals surface area (Å²) in [7, 11) is 0. The van der Waals surface area contributed by atoms with Gasteiger partial charge in [0.1, 0.15) is 0 Å². The van der Waals surface area contributed by atoms with E-state index in [9.17, 15) is 0 Å². The zero-order valence-electron chi connectivity index (χ0n) is 14.2. The zero-order valence-corrected chi connectivity index (χ0v) is 16.6. The van der Waals surface area contributed by atoms with Crippen LogP contribution >= 0.6 is 27.3 Å². The van der Waals surface area contributed by atoms with Crippen LogP contribution in [0.25, 0.3) is 10.2 Å². The Hall–Kier alpha value is -2.83. The molecule has 0 fully saturated rings. The molecule has 0 saturated heterocycles. The van der Waals surface area contributed by atoms with Gasteiger partial charge in [-0.3, -0.25) is 5.43 Å². The van der Waals surface area contributed by atoms with Crippen LogP contribution in [0, 0.1) is 0 Å². The van der Waals surface area contributed by atoms with Crippen LogP contribution in [0.2, 0.25) is 0 Å². The highest BCUT2D eigenvalue weighted by Gasteiger charge is 2.10. The van der Waals surface area contributed by atoms with Gasteiger partial charge in [0, 0.05) is 4.47 Å². The molecule has 4 nitrogen and oxygen atoms in total. The van der Waals surface area contributed by atoms with Gasteiger partial charge in [-0.15, -0.1) is 11.3 Å². The van der Waals surface area contributed by atoms with Gasteiger partial charge in [0.25, 0.3) is 0 Å². The maximum Gasteiger partial charge on any atom is 0.183 e. The number of amidine groups is 1. The fourth-order valence-electron chi connectivity index (χ4n) is 2.44. The summed E-state index contributed by atoms with van der Waals surface area (Å²) in [4.78, 5) is 9.39. The molecule has 3 aromatic carbocycles. The van der Waals surface area contributed by atoms with Gasteiger partial charge >= 0.3 is 0 Å². The quantitative estimate of drug-likeness (QED) is 0.252. The third-order valence-electron chi connectivity index (χ3n) is 3.75. The summed E-state index contributed by atoms with van der Waals surface area (Å²) in [6, 6.07) is 25.8. The highest BCUT2D eigenvalue weighted by molar-refractivity contribution is 9.10. The molecule has 27 heavy (non-hydrogen) atoms. The van der Waals surface area contributed by atoms with Crippen LogP contribution in [0.15, 0.2) is 93.4 Å².